The fourth-order valence-corrected chi connectivity index (χ4v) is 2.34. The first-order valence-electron chi connectivity index (χ1n) is 6.40. The van der Waals surface area contributed by atoms with Crippen LogP contribution in [0.1, 0.15) is 0 Å². The Labute approximate surface area is 117 Å². The molecule has 21 heavy (non-hydrogen) atoms. The third kappa shape index (κ3) is 1.82. The van der Waals surface area contributed by atoms with Crippen LogP contribution in [0.3, 0.4) is 0 Å². The van der Waals surface area contributed by atoms with Crippen molar-refractivity contribution < 1.29 is 8.81 Å². The van der Waals surface area contributed by atoms with Gasteiger partial charge in [0.15, 0.2) is 11.1 Å². The molecule has 5 heteroatoms. The Balaban J connectivity index is 2.05. The maximum Gasteiger partial charge on any atom is 0.278 e. The number of hydrogen-bond acceptors (Lipinski definition) is 3. The highest BCUT2D eigenvalue weighted by Gasteiger charge is 2.14. The quantitative estimate of drug-likeness (QED) is 0.580. The molecule has 0 bridgehead atoms. The van der Waals surface area contributed by atoms with Crippen molar-refractivity contribution in [1.29, 1.82) is 0 Å². The molecule has 4 aromatic rings. The maximum atomic E-state index is 13.0. The summed E-state index contributed by atoms with van der Waals surface area (Å²) in [6.45, 7) is 0. The molecule has 2 aromatic carbocycles. The summed E-state index contributed by atoms with van der Waals surface area (Å²) >= 11 is 0. The largest absolute Gasteiger partial charge is 0.435 e. The number of benzene rings is 2. The van der Waals surface area contributed by atoms with Crippen molar-refractivity contribution in [2.24, 2.45) is 0 Å². The number of fused-ring (bicyclic) bond motifs is 3. The molecule has 0 radical (unpaired) electrons. The Hall–Kier alpha value is -2.95. The average Bonchev–Trinajstić information content (AvgIpc) is 2.94. The van der Waals surface area contributed by atoms with E-state index in [2.05, 4.69) is 9.97 Å². The van der Waals surface area contributed by atoms with E-state index in [1.807, 2.05) is 18.2 Å². The normalized spacial score (nSPS) is 11.3. The van der Waals surface area contributed by atoms with E-state index in [4.69, 9.17) is 4.42 Å². The lowest BCUT2D eigenvalue weighted by molar-refractivity contribution is 0.618. The van der Waals surface area contributed by atoms with E-state index in [1.165, 1.54) is 12.1 Å². The van der Waals surface area contributed by atoms with Gasteiger partial charge in [-0.2, -0.15) is 0 Å². The molecule has 0 aliphatic carbocycles. The van der Waals surface area contributed by atoms with Crippen LogP contribution in [0.4, 0.5) is 4.39 Å². The number of nitrogens with one attached hydrogen (secondary N) is 1. The van der Waals surface area contributed by atoms with Gasteiger partial charge in [-0.05, 0) is 36.4 Å². The number of nitrogens with zero attached hydrogens (tertiary/aromatic N) is 1. The van der Waals surface area contributed by atoms with Crippen molar-refractivity contribution in [2.75, 3.05) is 0 Å². The molecule has 0 amide bonds. The molecule has 4 rings (SSSR count). The van der Waals surface area contributed by atoms with E-state index >= 15 is 0 Å². The molecule has 0 atom stereocenters. The van der Waals surface area contributed by atoms with Crippen molar-refractivity contribution >= 4 is 22.0 Å². The van der Waals surface area contributed by atoms with Gasteiger partial charge in [-0.25, -0.2) is 9.37 Å². The summed E-state index contributed by atoms with van der Waals surface area (Å²) in [5.74, 6) is -0.0370. The van der Waals surface area contributed by atoms with Crippen LogP contribution in [0.15, 0.2) is 57.7 Å². The highest BCUT2D eigenvalue weighted by Crippen LogP contribution is 2.27. The number of para-hydroxylation sites is 1. The van der Waals surface area contributed by atoms with Gasteiger partial charge in [0.1, 0.15) is 5.82 Å². The third-order valence-corrected chi connectivity index (χ3v) is 3.35. The zero-order valence-electron chi connectivity index (χ0n) is 10.8. The minimum atomic E-state index is -0.335. The van der Waals surface area contributed by atoms with Gasteiger partial charge >= 0.3 is 0 Å². The summed E-state index contributed by atoms with van der Waals surface area (Å²) in [5.41, 5.74) is 1.69. The van der Waals surface area contributed by atoms with E-state index in [-0.39, 0.29) is 16.9 Å². The molecule has 0 aliphatic heterocycles. The molecular formula is C16H9FN2O2. The van der Waals surface area contributed by atoms with Crippen LogP contribution in [0, 0.1) is 5.82 Å². The van der Waals surface area contributed by atoms with Crippen molar-refractivity contribution in [1.82, 2.24) is 9.97 Å². The maximum absolute atomic E-state index is 13.0. The van der Waals surface area contributed by atoms with Gasteiger partial charge in [-0.1, -0.05) is 12.1 Å². The fraction of sp³-hybridized carbons (Fsp3) is 0. The van der Waals surface area contributed by atoms with Crippen LogP contribution >= 0.6 is 0 Å². The monoisotopic (exact) mass is 280 g/mol. The van der Waals surface area contributed by atoms with Crippen LogP contribution < -0.4 is 5.56 Å². The Morgan fingerprint density at radius 1 is 1.05 bits per heavy atom. The molecule has 0 spiro atoms. The molecule has 2 aromatic heterocycles. The van der Waals surface area contributed by atoms with Crippen LogP contribution in [0.25, 0.3) is 33.5 Å². The molecule has 4 nitrogen and oxygen atoms in total. The van der Waals surface area contributed by atoms with Crippen LogP contribution in [-0.4, -0.2) is 9.97 Å². The first-order chi connectivity index (χ1) is 10.2. The number of pyridine rings is 1. The Morgan fingerprint density at radius 2 is 1.81 bits per heavy atom. The smallest absolute Gasteiger partial charge is 0.278 e. The minimum Gasteiger partial charge on any atom is -0.435 e. The predicted octanol–water partition coefficient (Wildman–Crippen LogP) is 3.48. The minimum absolute atomic E-state index is 0.244. The summed E-state index contributed by atoms with van der Waals surface area (Å²) in [4.78, 5) is 19.1. The van der Waals surface area contributed by atoms with Crippen LogP contribution in [0.5, 0.6) is 0 Å². The highest BCUT2D eigenvalue weighted by molar-refractivity contribution is 6.00. The fourth-order valence-electron chi connectivity index (χ4n) is 2.34. The van der Waals surface area contributed by atoms with Gasteiger partial charge in [0, 0.05) is 10.9 Å². The first-order valence-corrected chi connectivity index (χ1v) is 6.40. The number of H-pyrrole nitrogens is 1. The van der Waals surface area contributed by atoms with Gasteiger partial charge in [-0.15, -0.1) is 0 Å². The van der Waals surface area contributed by atoms with Crippen LogP contribution in [-0.2, 0) is 0 Å². The number of rotatable bonds is 1. The van der Waals surface area contributed by atoms with Crippen molar-refractivity contribution in [2.45, 2.75) is 0 Å². The Morgan fingerprint density at radius 3 is 2.62 bits per heavy atom. The summed E-state index contributed by atoms with van der Waals surface area (Å²) in [5, 5.41) is 0.785. The lowest BCUT2D eigenvalue weighted by Gasteiger charge is -1.96. The first kappa shape index (κ1) is 11.8. The molecule has 1 N–H and O–H groups in total. The second-order valence-electron chi connectivity index (χ2n) is 4.70. The average molecular weight is 280 g/mol. The molecule has 0 saturated heterocycles. The Kier molecular flexibility index (Phi) is 2.41. The van der Waals surface area contributed by atoms with E-state index in [0.717, 1.165) is 5.39 Å². The number of oxazole rings is 1. The molecule has 0 unspecified atom stereocenters. The van der Waals surface area contributed by atoms with Crippen molar-refractivity contribution in [3.63, 3.8) is 0 Å². The van der Waals surface area contributed by atoms with E-state index < -0.39 is 0 Å². The van der Waals surface area contributed by atoms with Gasteiger partial charge in [0.2, 0.25) is 5.89 Å². The van der Waals surface area contributed by atoms with Crippen molar-refractivity contribution in [3.05, 3.63) is 64.7 Å². The SMILES string of the molecule is O=c1[nH]c2ccccc2c2oc(-c3ccc(F)cc3)nc12. The van der Waals surface area contributed by atoms with Crippen LogP contribution in [0.2, 0.25) is 0 Å². The summed E-state index contributed by atoms with van der Waals surface area (Å²) in [6, 6.07) is 13.1. The Bertz CT molecular complexity index is 1020. The standard InChI is InChI=1S/C16H9FN2O2/c17-10-7-5-9(6-8-10)16-19-13-14(21-16)11-3-1-2-4-12(11)18-15(13)20/h1-8H,(H,18,20). The molecule has 102 valence electrons. The van der Waals surface area contributed by atoms with E-state index in [1.54, 1.807) is 18.2 Å². The topological polar surface area (TPSA) is 58.9 Å². The predicted molar refractivity (Wildman–Crippen MR) is 77.5 cm³/mol. The van der Waals surface area contributed by atoms with Gasteiger partial charge in [0.25, 0.3) is 5.56 Å². The highest BCUT2D eigenvalue weighted by atomic mass is 19.1. The summed E-state index contributed by atoms with van der Waals surface area (Å²) in [6.07, 6.45) is 0. The zero-order valence-corrected chi connectivity index (χ0v) is 10.8. The van der Waals surface area contributed by atoms with E-state index in [9.17, 15) is 9.18 Å². The molecular weight excluding hydrogens is 271 g/mol. The number of hydrogen-bond donors (Lipinski definition) is 1. The second-order valence-corrected chi connectivity index (χ2v) is 4.70. The zero-order chi connectivity index (χ0) is 14.4. The molecule has 2 heterocycles. The lowest BCUT2D eigenvalue weighted by Crippen LogP contribution is -2.05. The molecule has 0 saturated carbocycles. The number of aromatic nitrogens is 2. The lowest BCUT2D eigenvalue weighted by atomic mass is 10.2. The van der Waals surface area contributed by atoms with Gasteiger partial charge in [0.05, 0.1) is 5.52 Å². The van der Waals surface area contributed by atoms with E-state index in [0.29, 0.717) is 22.6 Å². The molecule has 0 aliphatic rings. The van der Waals surface area contributed by atoms with Gasteiger partial charge in [-0.3, -0.25) is 4.79 Å². The second kappa shape index (κ2) is 4.28. The summed E-state index contributed by atoms with van der Waals surface area (Å²) < 4.78 is 18.7. The third-order valence-electron chi connectivity index (χ3n) is 3.35. The van der Waals surface area contributed by atoms with Gasteiger partial charge < -0.3 is 9.40 Å². The number of halogens is 1. The summed E-state index contributed by atoms with van der Waals surface area (Å²) in [7, 11) is 0. The molecule has 0 fully saturated rings. The van der Waals surface area contributed by atoms with Crippen molar-refractivity contribution in [3.8, 4) is 11.5 Å². The number of aromatic amines is 1.